The Morgan fingerprint density at radius 1 is 1.05 bits per heavy atom. The van der Waals surface area contributed by atoms with Crippen molar-refractivity contribution >= 4 is 33.0 Å². The molecule has 22 heavy (non-hydrogen) atoms. The Balaban J connectivity index is 2.33. The molecule has 3 N–H and O–H groups in total. The lowest BCUT2D eigenvalue weighted by atomic mass is 9.87. The van der Waals surface area contributed by atoms with Crippen LogP contribution in [0.15, 0.2) is 47.4 Å². The Morgan fingerprint density at radius 3 is 2.18 bits per heavy atom. The zero-order valence-electron chi connectivity index (χ0n) is 12.7. The molecule has 0 saturated heterocycles. The standard InChI is InChI=1S/C16H19ClN2O2S/c1-16(2,3)11-4-7-13(8-5-11)22(20,21)19-15-10-12(17)6-9-14(15)18/h4-10,19H,18H2,1-3H3. The van der Waals surface area contributed by atoms with Crippen LogP contribution in [-0.4, -0.2) is 8.42 Å². The van der Waals surface area contributed by atoms with E-state index in [4.69, 9.17) is 17.3 Å². The molecule has 0 radical (unpaired) electrons. The summed E-state index contributed by atoms with van der Waals surface area (Å²) in [7, 11) is -3.70. The molecule has 0 amide bonds. The minimum atomic E-state index is -3.70. The van der Waals surface area contributed by atoms with Crippen LogP contribution in [0.3, 0.4) is 0 Å². The maximum Gasteiger partial charge on any atom is 0.261 e. The van der Waals surface area contributed by atoms with Gasteiger partial charge in [-0.25, -0.2) is 8.42 Å². The van der Waals surface area contributed by atoms with Gasteiger partial charge in [0.05, 0.1) is 16.3 Å². The van der Waals surface area contributed by atoms with Gasteiger partial charge in [-0.15, -0.1) is 0 Å². The van der Waals surface area contributed by atoms with Crippen LogP contribution in [0.25, 0.3) is 0 Å². The Kier molecular flexibility index (Phi) is 4.40. The van der Waals surface area contributed by atoms with Crippen molar-refractivity contribution in [1.29, 1.82) is 0 Å². The predicted octanol–water partition coefficient (Wildman–Crippen LogP) is 4.02. The first-order chi connectivity index (χ1) is 10.1. The van der Waals surface area contributed by atoms with Crippen molar-refractivity contribution in [3.63, 3.8) is 0 Å². The summed E-state index contributed by atoms with van der Waals surface area (Å²) in [5.41, 5.74) is 7.39. The first-order valence-corrected chi connectivity index (χ1v) is 8.64. The van der Waals surface area contributed by atoms with Crippen LogP contribution < -0.4 is 10.5 Å². The molecule has 0 aliphatic carbocycles. The Bertz CT molecular complexity index is 779. The van der Waals surface area contributed by atoms with Crippen LogP contribution in [0.5, 0.6) is 0 Å². The van der Waals surface area contributed by atoms with Gasteiger partial charge in [-0.05, 0) is 41.3 Å². The quantitative estimate of drug-likeness (QED) is 0.830. The van der Waals surface area contributed by atoms with Crippen LogP contribution in [0.2, 0.25) is 5.02 Å². The maximum atomic E-state index is 12.4. The zero-order valence-corrected chi connectivity index (χ0v) is 14.3. The smallest absolute Gasteiger partial charge is 0.261 e. The van der Waals surface area contributed by atoms with Crippen molar-refractivity contribution < 1.29 is 8.42 Å². The van der Waals surface area contributed by atoms with Gasteiger partial charge in [0.25, 0.3) is 10.0 Å². The number of hydrogen-bond acceptors (Lipinski definition) is 3. The first kappa shape index (κ1) is 16.6. The highest BCUT2D eigenvalue weighted by atomic mass is 35.5. The van der Waals surface area contributed by atoms with Crippen molar-refractivity contribution in [2.45, 2.75) is 31.1 Å². The summed E-state index contributed by atoms with van der Waals surface area (Å²) in [5, 5.41) is 0.412. The van der Waals surface area contributed by atoms with E-state index in [1.54, 1.807) is 24.3 Å². The average Bonchev–Trinajstić information content (AvgIpc) is 2.42. The van der Waals surface area contributed by atoms with Gasteiger partial charge in [-0.2, -0.15) is 0 Å². The monoisotopic (exact) mass is 338 g/mol. The number of nitrogen functional groups attached to an aromatic ring is 1. The van der Waals surface area contributed by atoms with Gasteiger partial charge in [0, 0.05) is 5.02 Å². The molecule has 0 aliphatic rings. The van der Waals surface area contributed by atoms with Crippen LogP contribution in [-0.2, 0) is 15.4 Å². The summed E-state index contributed by atoms with van der Waals surface area (Å²) in [6, 6.07) is 11.5. The van der Waals surface area contributed by atoms with Crippen LogP contribution >= 0.6 is 11.6 Å². The summed E-state index contributed by atoms with van der Waals surface area (Å²) in [4.78, 5) is 0.180. The highest BCUT2D eigenvalue weighted by molar-refractivity contribution is 7.92. The normalized spacial score (nSPS) is 12.2. The van der Waals surface area contributed by atoms with E-state index >= 15 is 0 Å². The molecule has 118 valence electrons. The summed E-state index contributed by atoms with van der Waals surface area (Å²) < 4.78 is 27.3. The molecule has 0 aliphatic heterocycles. The number of rotatable bonds is 3. The third kappa shape index (κ3) is 3.72. The van der Waals surface area contributed by atoms with E-state index in [0.29, 0.717) is 10.7 Å². The van der Waals surface area contributed by atoms with Gasteiger partial charge in [0.15, 0.2) is 0 Å². The molecular formula is C16H19ClN2O2S. The second-order valence-electron chi connectivity index (χ2n) is 6.11. The fourth-order valence-electron chi connectivity index (χ4n) is 1.95. The highest BCUT2D eigenvalue weighted by Crippen LogP contribution is 2.27. The molecule has 2 aromatic carbocycles. The van der Waals surface area contributed by atoms with Gasteiger partial charge < -0.3 is 5.73 Å². The second-order valence-corrected chi connectivity index (χ2v) is 8.23. The van der Waals surface area contributed by atoms with Crippen molar-refractivity contribution in [3.05, 3.63) is 53.1 Å². The minimum Gasteiger partial charge on any atom is -0.397 e. The van der Waals surface area contributed by atoms with Gasteiger partial charge in [-0.3, -0.25) is 4.72 Å². The van der Waals surface area contributed by atoms with Crippen molar-refractivity contribution in [1.82, 2.24) is 0 Å². The molecule has 0 atom stereocenters. The third-order valence-corrected chi connectivity index (χ3v) is 4.91. The molecule has 0 heterocycles. The number of hydrogen-bond donors (Lipinski definition) is 2. The van der Waals surface area contributed by atoms with E-state index in [-0.39, 0.29) is 16.0 Å². The molecule has 0 aromatic heterocycles. The molecule has 0 spiro atoms. The van der Waals surface area contributed by atoms with Crippen molar-refractivity contribution in [3.8, 4) is 0 Å². The lowest BCUT2D eigenvalue weighted by molar-refractivity contribution is 0.587. The molecule has 0 unspecified atom stereocenters. The van der Waals surface area contributed by atoms with Crippen LogP contribution in [0, 0.1) is 0 Å². The van der Waals surface area contributed by atoms with Crippen molar-refractivity contribution in [2.24, 2.45) is 0 Å². The van der Waals surface area contributed by atoms with Crippen molar-refractivity contribution in [2.75, 3.05) is 10.5 Å². The highest BCUT2D eigenvalue weighted by Gasteiger charge is 2.18. The van der Waals surface area contributed by atoms with Gasteiger partial charge in [-0.1, -0.05) is 44.5 Å². The number of sulfonamides is 1. The Labute approximate surface area is 136 Å². The first-order valence-electron chi connectivity index (χ1n) is 6.78. The van der Waals surface area contributed by atoms with Gasteiger partial charge in [0.2, 0.25) is 0 Å². The summed E-state index contributed by atoms with van der Waals surface area (Å²) in [6.07, 6.45) is 0. The van der Waals surface area contributed by atoms with E-state index in [1.165, 1.54) is 6.07 Å². The number of nitrogens with two attached hydrogens (primary N) is 1. The average molecular weight is 339 g/mol. The molecule has 0 fully saturated rings. The number of halogens is 1. The lowest BCUT2D eigenvalue weighted by Crippen LogP contribution is -2.15. The topological polar surface area (TPSA) is 72.2 Å². The molecule has 2 rings (SSSR count). The Hall–Kier alpha value is -1.72. The molecule has 6 heteroatoms. The SMILES string of the molecule is CC(C)(C)c1ccc(S(=O)(=O)Nc2cc(Cl)ccc2N)cc1. The third-order valence-electron chi connectivity index (χ3n) is 3.29. The fourth-order valence-corrected chi connectivity index (χ4v) is 3.21. The second kappa shape index (κ2) is 5.82. The zero-order chi connectivity index (χ0) is 16.5. The van der Waals surface area contributed by atoms with E-state index < -0.39 is 10.0 Å². The number of anilines is 2. The molecule has 0 saturated carbocycles. The van der Waals surface area contributed by atoms with Gasteiger partial charge in [0.1, 0.15) is 0 Å². The maximum absolute atomic E-state index is 12.4. The Morgan fingerprint density at radius 2 is 1.64 bits per heavy atom. The predicted molar refractivity (Wildman–Crippen MR) is 91.8 cm³/mol. The molecule has 2 aromatic rings. The molecule has 4 nitrogen and oxygen atoms in total. The van der Waals surface area contributed by atoms with E-state index in [9.17, 15) is 8.42 Å². The van der Waals surface area contributed by atoms with Crippen LogP contribution in [0.1, 0.15) is 26.3 Å². The number of benzene rings is 2. The summed E-state index contributed by atoms with van der Waals surface area (Å²) in [5.74, 6) is 0. The minimum absolute atomic E-state index is 0.0346. The lowest BCUT2D eigenvalue weighted by Gasteiger charge is -2.19. The molecular weight excluding hydrogens is 320 g/mol. The fraction of sp³-hybridized carbons (Fsp3) is 0.250. The van der Waals surface area contributed by atoms with E-state index in [1.807, 2.05) is 12.1 Å². The largest absolute Gasteiger partial charge is 0.397 e. The summed E-state index contributed by atoms with van der Waals surface area (Å²) in [6.45, 7) is 6.21. The van der Waals surface area contributed by atoms with E-state index in [0.717, 1.165) is 5.56 Å². The van der Waals surface area contributed by atoms with E-state index in [2.05, 4.69) is 25.5 Å². The summed E-state index contributed by atoms with van der Waals surface area (Å²) >= 11 is 5.87. The van der Waals surface area contributed by atoms with Gasteiger partial charge >= 0.3 is 0 Å². The number of nitrogens with one attached hydrogen (secondary N) is 1. The van der Waals surface area contributed by atoms with Crippen LogP contribution in [0.4, 0.5) is 11.4 Å². The molecule has 0 bridgehead atoms.